The van der Waals surface area contributed by atoms with Gasteiger partial charge < -0.3 is 10.2 Å². The lowest BCUT2D eigenvalue weighted by Crippen LogP contribution is -2.47. The standard InChI is InChI=1S/C11H25NO2/c1-5-7-10(13)12(9(3)4)11(14)8-6-2/h9-11,13-14H,5-8H2,1-4H3. The van der Waals surface area contributed by atoms with Gasteiger partial charge in [0, 0.05) is 6.04 Å². The van der Waals surface area contributed by atoms with Crippen molar-refractivity contribution in [3.05, 3.63) is 0 Å². The molecule has 0 aliphatic heterocycles. The monoisotopic (exact) mass is 203 g/mol. The predicted molar refractivity (Wildman–Crippen MR) is 58.8 cm³/mol. The Morgan fingerprint density at radius 1 is 0.929 bits per heavy atom. The van der Waals surface area contributed by atoms with Gasteiger partial charge in [-0.3, -0.25) is 4.90 Å². The van der Waals surface area contributed by atoms with Crippen molar-refractivity contribution in [1.82, 2.24) is 4.90 Å². The van der Waals surface area contributed by atoms with Crippen LogP contribution in [0.1, 0.15) is 53.4 Å². The number of hydrogen-bond acceptors (Lipinski definition) is 3. The fraction of sp³-hybridized carbons (Fsp3) is 1.00. The summed E-state index contributed by atoms with van der Waals surface area (Å²) in [6, 6.07) is 0.179. The average molecular weight is 203 g/mol. The van der Waals surface area contributed by atoms with Crippen LogP contribution in [-0.2, 0) is 0 Å². The minimum Gasteiger partial charge on any atom is -0.378 e. The van der Waals surface area contributed by atoms with Gasteiger partial charge >= 0.3 is 0 Å². The Hall–Kier alpha value is -0.120. The van der Waals surface area contributed by atoms with Gasteiger partial charge in [0.1, 0.15) is 12.5 Å². The first-order valence-corrected chi connectivity index (χ1v) is 5.68. The van der Waals surface area contributed by atoms with E-state index >= 15 is 0 Å². The first-order chi connectivity index (χ1) is 6.54. The molecule has 0 aliphatic rings. The largest absolute Gasteiger partial charge is 0.378 e. The number of hydrogen-bond donors (Lipinski definition) is 2. The molecule has 3 nitrogen and oxygen atoms in total. The molecule has 86 valence electrons. The minimum absolute atomic E-state index is 0.179. The third-order valence-electron chi connectivity index (χ3n) is 2.38. The molecule has 0 amide bonds. The van der Waals surface area contributed by atoms with Crippen LogP contribution in [0.2, 0.25) is 0 Å². The van der Waals surface area contributed by atoms with E-state index in [0.717, 1.165) is 25.7 Å². The van der Waals surface area contributed by atoms with Gasteiger partial charge in [0.25, 0.3) is 0 Å². The van der Waals surface area contributed by atoms with E-state index < -0.39 is 12.5 Å². The zero-order valence-corrected chi connectivity index (χ0v) is 9.90. The third-order valence-corrected chi connectivity index (χ3v) is 2.38. The van der Waals surface area contributed by atoms with Crippen molar-refractivity contribution in [3.63, 3.8) is 0 Å². The highest BCUT2D eigenvalue weighted by Crippen LogP contribution is 2.14. The van der Waals surface area contributed by atoms with Crippen LogP contribution in [0.4, 0.5) is 0 Å². The van der Waals surface area contributed by atoms with Crippen LogP contribution >= 0.6 is 0 Å². The summed E-state index contributed by atoms with van der Waals surface area (Å²) in [5, 5.41) is 19.7. The predicted octanol–water partition coefficient (Wildman–Crippen LogP) is 1.93. The molecule has 0 aliphatic carbocycles. The molecule has 14 heavy (non-hydrogen) atoms. The SMILES string of the molecule is CCCC(O)N(C(C)C)C(O)CCC. The molecule has 2 N–H and O–H groups in total. The Labute approximate surface area is 87.7 Å². The molecule has 0 bridgehead atoms. The molecule has 0 rings (SSSR count). The lowest BCUT2D eigenvalue weighted by atomic mass is 10.2. The summed E-state index contributed by atoms with van der Waals surface area (Å²) in [6.07, 6.45) is 2.28. The number of aliphatic hydroxyl groups is 2. The van der Waals surface area contributed by atoms with Gasteiger partial charge in [-0.2, -0.15) is 0 Å². The number of rotatable bonds is 7. The molecule has 0 radical (unpaired) electrons. The van der Waals surface area contributed by atoms with Crippen molar-refractivity contribution in [1.29, 1.82) is 0 Å². The number of nitrogens with zero attached hydrogens (tertiary/aromatic N) is 1. The topological polar surface area (TPSA) is 43.7 Å². The van der Waals surface area contributed by atoms with Crippen molar-refractivity contribution in [3.8, 4) is 0 Å². The van der Waals surface area contributed by atoms with Crippen LogP contribution in [0, 0.1) is 0 Å². The molecule has 0 saturated carbocycles. The first kappa shape index (κ1) is 13.9. The summed E-state index contributed by atoms with van der Waals surface area (Å²) in [5.41, 5.74) is 0. The maximum atomic E-state index is 9.84. The van der Waals surface area contributed by atoms with Gasteiger partial charge in [-0.25, -0.2) is 0 Å². The molecule has 0 aromatic carbocycles. The smallest absolute Gasteiger partial charge is 0.109 e. The van der Waals surface area contributed by atoms with E-state index in [1.54, 1.807) is 4.90 Å². The molecule has 0 spiro atoms. The molecule has 0 saturated heterocycles. The van der Waals surface area contributed by atoms with E-state index in [0.29, 0.717) is 0 Å². The zero-order valence-electron chi connectivity index (χ0n) is 9.90. The van der Waals surface area contributed by atoms with Gasteiger partial charge in [0.2, 0.25) is 0 Å². The fourth-order valence-corrected chi connectivity index (χ4v) is 1.70. The Morgan fingerprint density at radius 3 is 1.50 bits per heavy atom. The van der Waals surface area contributed by atoms with E-state index in [1.807, 2.05) is 27.7 Å². The second-order valence-electron chi connectivity index (χ2n) is 4.08. The molecule has 0 aromatic heterocycles. The van der Waals surface area contributed by atoms with Gasteiger partial charge in [-0.05, 0) is 26.7 Å². The Kier molecular flexibility index (Phi) is 7.15. The van der Waals surface area contributed by atoms with Crippen LogP contribution in [0.3, 0.4) is 0 Å². The quantitative estimate of drug-likeness (QED) is 0.621. The van der Waals surface area contributed by atoms with E-state index in [1.165, 1.54) is 0 Å². The van der Waals surface area contributed by atoms with Crippen molar-refractivity contribution >= 4 is 0 Å². The van der Waals surface area contributed by atoms with Crippen LogP contribution in [0.5, 0.6) is 0 Å². The van der Waals surface area contributed by atoms with E-state index in [9.17, 15) is 10.2 Å². The normalized spacial score (nSPS) is 16.3. The van der Waals surface area contributed by atoms with Crippen LogP contribution in [-0.4, -0.2) is 33.6 Å². The summed E-state index contributed by atoms with van der Waals surface area (Å²) in [7, 11) is 0. The lowest BCUT2D eigenvalue weighted by molar-refractivity contribution is -0.124. The molecule has 2 unspecified atom stereocenters. The molecule has 3 heteroatoms. The molecule has 2 atom stereocenters. The Bertz CT molecular complexity index is 127. The maximum Gasteiger partial charge on any atom is 0.109 e. The zero-order chi connectivity index (χ0) is 11.1. The second-order valence-corrected chi connectivity index (χ2v) is 4.08. The summed E-state index contributed by atoms with van der Waals surface area (Å²) in [6.45, 7) is 8.07. The summed E-state index contributed by atoms with van der Waals surface area (Å²) in [5.74, 6) is 0. The van der Waals surface area contributed by atoms with Crippen LogP contribution < -0.4 is 0 Å². The van der Waals surface area contributed by atoms with Crippen molar-refractivity contribution < 1.29 is 10.2 Å². The molecule has 0 fully saturated rings. The summed E-state index contributed by atoms with van der Waals surface area (Å²) in [4.78, 5) is 1.78. The lowest BCUT2D eigenvalue weighted by Gasteiger charge is -2.35. The highest BCUT2D eigenvalue weighted by Gasteiger charge is 2.24. The van der Waals surface area contributed by atoms with E-state index in [2.05, 4.69) is 0 Å². The Morgan fingerprint density at radius 2 is 1.29 bits per heavy atom. The summed E-state index contributed by atoms with van der Waals surface area (Å²) < 4.78 is 0. The van der Waals surface area contributed by atoms with Crippen molar-refractivity contribution in [2.45, 2.75) is 71.9 Å². The highest BCUT2D eigenvalue weighted by atomic mass is 16.3. The minimum atomic E-state index is -0.512. The molecular formula is C11H25NO2. The van der Waals surface area contributed by atoms with Gasteiger partial charge in [-0.1, -0.05) is 26.7 Å². The summed E-state index contributed by atoms with van der Waals surface area (Å²) >= 11 is 0. The fourth-order valence-electron chi connectivity index (χ4n) is 1.70. The molecule has 0 heterocycles. The molecule has 0 aromatic rings. The van der Waals surface area contributed by atoms with Crippen LogP contribution in [0.15, 0.2) is 0 Å². The van der Waals surface area contributed by atoms with Crippen LogP contribution in [0.25, 0.3) is 0 Å². The number of aliphatic hydroxyl groups excluding tert-OH is 2. The molecular weight excluding hydrogens is 178 g/mol. The second kappa shape index (κ2) is 7.21. The average Bonchev–Trinajstić information content (AvgIpc) is 2.04. The van der Waals surface area contributed by atoms with Gasteiger partial charge in [-0.15, -0.1) is 0 Å². The Balaban J connectivity index is 4.26. The van der Waals surface area contributed by atoms with E-state index in [-0.39, 0.29) is 6.04 Å². The highest BCUT2D eigenvalue weighted by molar-refractivity contribution is 4.69. The van der Waals surface area contributed by atoms with E-state index in [4.69, 9.17) is 0 Å². The maximum absolute atomic E-state index is 9.84. The third kappa shape index (κ3) is 4.40. The first-order valence-electron chi connectivity index (χ1n) is 5.68. The van der Waals surface area contributed by atoms with Gasteiger partial charge in [0.05, 0.1) is 0 Å². The van der Waals surface area contributed by atoms with Crippen molar-refractivity contribution in [2.75, 3.05) is 0 Å². The van der Waals surface area contributed by atoms with Gasteiger partial charge in [0.15, 0.2) is 0 Å². The van der Waals surface area contributed by atoms with Crippen molar-refractivity contribution in [2.24, 2.45) is 0 Å².